The lowest BCUT2D eigenvalue weighted by Crippen LogP contribution is -2.24. The summed E-state index contributed by atoms with van der Waals surface area (Å²) in [6.45, 7) is 0.660. The first-order valence-electron chi connectivity index (χ1n) is 7.24. The summed E-state index contributed by atoms with van der Waals surface area (Å²) in [6.07, 6.45) is 0.246. The van der Waals surface area contributed by atoms with Crippen molar-refractivity contribution in [3.05, 3.63) is 59.7 Å². The number of carbonyl (C=O) groups is 1. The third kappa shape index (κ3) is 5.04. The number of hydrogen-bond acceptors (Lipinski definition) is 4. The van der Waals surface area contributed by atoms with Crippen LogP contribution in [0.5, 0.6) is 11.5 Å². The number of nitriles is 1. The molecule has 23 heavy (non-hydrogen) atoms. The van der Waals surface area contributed by atoms with Crippen molar-refractivity contribution in [2.45, 2.75) is 13.0 Å². The molecule has 0 saturated carbocycles. The molecule has 0 heterocycles. The Kier molecular flexibility index (Phi) is 6.01. The van der Waals surface area contributed by atoms with E-state index >= 15 is 0 Å². The number of amides is 1. The highest BCUT2D eigenvalue weighted by Gasteiger charge is 2.05. The van der Waals surface area contributed by atoms with E-state index in [2.05, 4.69) is 11.4 Å². The van der Waals surface area contributed by atoms with Gasteiger partial charge < -0.3 is 14.8 Å². The summed E-state index contributed by atoms with van der Waals surface area (Å²) in [5.41, 5.74) is 1.47. The zero-order valence-electron chi connectivity index (χ0n) is 12.9. The third-order valence-electron chi connectivity index (χ3n) is 3.20. The van der Waals surface area contributed by atoms with E-state index in [0.717, 1.165) is 5.56 Å². The minimum absolute atomic E-state index is 0.109. The summed E-state index contributed by atoms with van der Waals surface area (Å²) < 4.78 is 10.7. The van der Waals surface area contributed by atoms with E-state index in [1.54, 1.807) is 37.4 Å². The van der Waals surface area contributed by atoms with Gasteiger partial charge in [-0.2, -0.15) is 5.26 Å². The molecule has 5 heteroatoms. The Morgan fingerprint density at radius 2 is 1.96 bits per heavy atom. The van der Waals surface area contributed by atoms with Crippen molar-refractivity contribution in [2.75, 3.05) is 13.7 Å². The zero-order chi connectivity index (χ0) is 16.5. The number of para-hydroxylation sites is 2. The molecule has 0 atom stereocenters. The van der Waals surface area contributed by atoms with Gasteiger partial charge in [-0.05, 0) is 29.8 Å². The molecule has 0 bridgehead atoms. The van der Waals surface area contributed by atoms with Crippen LogP contribution in [0.1, 0.15) is 17.5 Å². The Hall–Kier alpha value is -3.00. The topological polar surface area (TPSA) is 71.3 Å². The molecule has 2 aromatic carbocycles. The summed E-state index contributed by atoms with van der Waals surface area (Å²) in [5, 5.41) is 11.6. The molecular weight excluding hydrogens is 292 g/mol. The van der Waals surface area contributed by atoms with E-state index in [9.17, 15) is 4.79 Å². The van der Waals surface area contributed by atoms with Gasteiger partial charge >= 0.3 is 0 Å². The second kappa shape index (κ2) is 8.44. The van der Waals surface area contributed by atoms with Crippen LogP contribution in [-0.4, -0.2) is 19.6 Å². The first-order valence-corrected chi connectivity index (χ1v) is 7.24. The minimum atomic E-state index is -0.109. The van der Waals surface area contributed by atoms with Gasteiger partial charge in [-0.25, -0.2) is 0 Å². The molecule has 118 valence electrons. The molecule has 1 amide bonds. The smallest absolute Gasteiger partial charge is 0.223 e. The molecule has 5 nitrogen and oxygen atoms in total. The van der Waals surface area contributed by atoms with Gasteiger partial charge in [0.2, 0.25) is 5.91 Å². The monoisotopic (exact) mass is 310 g/mol. The first kappa shape index (κ1) is 16.4. The molecule has 1 N–H and O–H groups in total. The number of hydrogen-bond donors (Lipinski definition) is 1. The second-order valence-electron chi connectivity index (χ2n) is 4.84. The molecule has 0 aliphatic heterocycles. The maximum absolute atomic E-state index is 11.8. The minimum Gasteiger partial charge on any atom is -0.493 e. The lowest BCUT2D eigenvalue weighted by Gasteiger charge is -2.10. The van der Waals surface area contributed by atoms with Gasteiger partial charge in [-0.15, -0.1) is 0 Å². The first-order chi connectivity index (χ1) is 11.2. The number of nitrogens with one attached hydrogen (secondary N) is 1. The summed E-state index contributed by atoms with van der Waals surface area (Å²) in [6, 6.07) is 16.5. The van der Waals surface area contributed by atoms with Crippen molar-refractivity contribution in [1.82, 2.24) is 5.32 Å². The molecular formula is C18H18N2O3. The van der Waals surface area contributed by atoms with E-state index in [-0.39, 0.29) is 18.9 Å². The van der Waals surface area contributed by atoms with E-state index in [1.165, 1.54) is 0 Å². The maximum atomic E-state index is 11.8. The lowest BCUT2D eigenvalue weighted by atomic mass is 10.1. The van der Waals surface area contributed by atoms with Crippen molar-refractivity contribution < 1.29 is 14.3 Å². The summed E-state index contributed by atoms with van der Waals surface area (Å²) in [7, 11) is 1.57. The number of rotatable bonds is 7. The van der Waals surface area contributed by atoms with Crippen LogP contribution in [0.25, 0.3) is 0 Å². The highest BCUT2D eigenvalue weighted by Crippen LogP contribution is 2.25. The van der Waals surface area contributed by atoms with Gasteiger partial charge in [-0.3, -0.25) is 4.79 Å². The Balaban J connectivity index is 1.76. The fourth-order valence-electron chi connectivity index (χ4n) is 2.03. The third-order valence-corrected chi connectivity index (χ3v) is 3.20. The molecule has 0 unspecified atom stereocenters. The lowest BCUT2D eigenvalue weighted by molar-refractivity contribution is -0.121. The van der Waals surface area contributed by atoms with Gasteiger partial charge in [0.1, 0.15) is 0 Å². The Bertz CT molecular complexity index is 707. The SMILES string of the molecule is COc1ccccc1OCCC(=O)NCc1cccc(C#N)c1. The second-order valence-corrected chi connectivity index (χ2v) is 4.84. The van der Waals surface area contributed by atoms with Crippen molar-refractivity contribution in [1.29, 1.82) is 5.26 Å². The molecule has 0 spiro atoms. The van der Waals surface area contributed by atoms with Crippen LogP contribution in [0.2, 0.25) is 0 Å². The van der Waals surface area contributed by atoms with Crippen molar-refractivity contribution >= 4 is 5.91 Å². The number of methoxy groups -OCH3 is 1. The van der Waals surface area contributed by atoms with Crippen LogP contribution in [0, 0.1) is 11.3 Å². The molecule has 2 rings (SSSR count). The van der Waals surface area contributed by atoms with Crippen molar-refractivity contribution in [2.24, 2.45) is 0 Å². The average Bonchev–Trinajstić information content (AvgIpc) is 2.60. The Morgan fingerprint density at radius 3 is 2.70 bits per heavy atom. The predicted molar refractivity (Wildman–Crippen MR) is 86.1 cm³/mol. The van der Waals surface area contributed by atoms with Gasteiger partial charge in [-0.1, -0.05) is 24.3 Å². The fourth-order valence-corrected chi connectivity index (χ4v) is 2.03. The van der Waals surface area contributed by atoms with Crippen LogP contribution >= 0.6 is 0 Å². The quantitative estimate of drug-likeness (QED) is 0.853. The number of ether oxygens (including phenoxy) is 2. The number of benzene rings is 2. The van der Waals surface area contributed by atoms with Crippen LogP contribution in [0.4, 0.5) is 0 Å². The predicted octanol–water partition coefficient (Wildman–Crippen LogP) is 2.65. The summed E-state index contributed by atoms with van der Waals surface area (Å²) >= 11 is 0. The van der Waals surface area contributed by atoms with Crippen LogP contribution < -0.4 is 14.8 Å². The van der Waals surface area contributed by atoms with E-state index < -0.39 is 0 Å². The molecule has 0 saturated heterocycles. The Labute approximate surface area is 135 Å². The summed E-state index contributed by atoms with van der Waals surface area (Å²) in [4.78, 5) is 11.8. The highest BCUT2D eigenvalue weighted by molar-refractivity contribution is 5.76. The number of carbonyl (C=O) groups excluding carboxylic acids is 1. The van der Waals surface area contributed by atoms with Gasteiger partial charge in [0.05, 0.1) is 31.8 Å². The number of nitrogens with zero attached hydrogens (tertiary/aromatic N) is 1. The van der Waals surface area contributed by atoms with E-state index in [0.29, 0.717) is 23.6 Å². The van der Waals surface area contributed by atoms with Crippen LogP contribution in [0.15, 0.2) is 48.5 Å². The molecule has 2 aromatic rings. The highest BCUT2D eigenvalue weighted by atomic mass is 16.5. The maximum Gasteiger partial charge on any atom is 0.223 e. The van der Waals surface area contributed by atoms with E-state index in [4.69, 9.17) is 14.7 Å². The van der Waals surface area contributed by atoms with E-state index in [1.807, 2.05) is 18.2 Å². The normalized spacial score (nSPS) is 9.74. The molecule has 0 aliphatic carbocycles. The van der Waals surface area contributed by atoms with Gasteiger partial charge in [0.15, 0.2) is 11.5 Å². The van der Waals surface area contributed by atoms with Crippen molar-refractivity contribution in [3.63, 3.8) is 0 Å². The molecule has 0 aliphatic rings. The fraction of sp³-hybridized carbons (Fsp3) is 0.222. The Morgan fingerprint density at radius 1 is 1.17 bits per heavy atom. The average molecular weight is 310 g/mol. The van der Waals surface area contributed by atoms with Crippen molar-refractivity contribution in [3.8, 4) is 17.6 Å². The molecule has 0 fully saturated rings. The standard InChI is InChI=1S/C18H18N2O3/c1-22-16-7-2-3-8-17(16)23-10-9-18(21)20-13-15-6-4-5-14(11-15)12-19/h2-8,11H,9-10,13H2,1H3,(H,20,21). The largest absolute Gasteiger partial charge is 0.493 e. The molecule has 0 aromatic heterocycles. The molecule has 0 radical (unpaired) electrons. The van der Waals surface area contributed by atoms with Gasteiger partial charge in [0.25, 0.3) is 0 Å². The van der Waals surface area contributed by atoms with Crippen LogP contribution in [-0.2, 0) is 11.3 Å². The van der Waals surface area contributed by atoms with Crippen LogP contribution in [0.3, 0.4) is 0 Å². The van der Waals surface area contributed by atoms with Gasteiger partial charge in [0, 0.05) is 6.54 Å². The zero-order valence-corrected chi connectivity index (χ0v) is 12.9. The summed E-state index contributed by atoms with van der Waals surface area (Å²) in [5.74, 6) is 1.15.